The van der Waals surface area contributed by atoms with Gasteiger partial charge in [-0.25, -0.2) is 0 Å². The third-order valence-electron chi connectivity index (χ3n) is 5.10. The van der Waals surface area contributed by atoms with E-state index in [9.17, 15) is 0 Å². The van der Waals surface area contributed by atoms with E-state index in [1.54, 1.807) is 28.4 Å². The van der Waals surface area contributed by atoms with Gasteiger partial charge >= 0.3 is 0 Å². The summed E-state index contributed by atoms with van der Waals surface area (Å²) in [6.07, 6.45) is 0.828. The Morgan fingerprint density at radius 2 is 1.74 bits per heavy atom. The van der Waals surface area contributed by atoms with Crippen LogP contribution in [0.5, 0.6) is 23.0 Å². The molecule has 1 aliphatic rings. The highest BCUT2D eigenvalue weighted by atomic mass is 127. The van der Waals surface area contributed by atoms with Gasteiger partial charge in [-0.1, -0.05) is 18.2 Å². The van der Waals surface area contributed by atoms with Crippen LogP contribution in [0.25, 0.3) is 0 Å². The molecule has 1 atom stereocenters. The summed E-state index contributed by atoms with van der Waals surface area (Å²) in [4.78, 5) is 4.40. The van der Waals surface area contributed by atoms with Crippen molar-refractivity contribution in [2.24, 2.45) is 4.99 Å². The number of halogens is 1. The Balaban J connectivity index is 0.00000341. The molecule has 0 spiro atoms. The second-order valence-electron chi connectivity index (χ2n) is 7.76. The van der Waals surface area contributed by atoms with Crippen molar-refractivity contribution < 1.29 is 18.9 Å². The van der Waals surface area contributed by atoms with Crippen molar-refractivity contribution in [3.8, 4) is 23.0 Å². The van der Waals surface area contributed by atoms with Gasteiger partial charge in [-0.05, 0) is 37.6 Å². The monoisotopic (exact) mass is 541 g/mol. The minimum Gasteiger partial charge on any atom is -0.493 e. The zero-order valence-electron chi connectivity index (χ0n) is 18.9. The number of hydrogen-bond acceptors (Lipinski definition) is 5. The maximum atomic E-state index is 6.13. The van der Waals surface area contributed by atoms with E-state index in [1.807, 2.05) is 30.3 Å². The number of methoxy groups -OCH3 is 3. The van der Waals surface area contributed by atoms with Crippen LogP contribution in [-0.2, 0) is 6.54 Å². The molecule has 0 saturated carbocycles. The van der Waals surface area contributed by atoms with E-state index in [1.165, 1.54) is 0 Å². The lowest BCUT2D eigenvalue weighted by molar-refractivity contribution is 0.0694. The first kappa shape index (κ1) is 24.9. The molecule has 3 rings (SSSR count). The number of para-hydroxylation sites is 1. The lowest BCUT2D eigenvalue weighted by Crippen LogP contribution is -2.45. The lowest BCUT2D eigenvalue weighted by atomic mass is 9.90. The summed E-state index contributed by atoms with van der Waals surface area (Å²) in [5, 5.41) is 6.92. The van der Waals surface area contributed by atoms with Gasteiger partial charge in [-0.3, -0.25) is 4.99 Å². The van der Waals surface area contributed by atoms with Crippen LogP contribution in [-0.4, -0.2) is 39.9 Å². The van der Waals surface area contributed by atoms with Gasteiger partial charge in [-0.15, -0.1) is 24.0 Å². The summed E-state index contributed by atoms with van der Waals surface area (Å²) in [6, 6.07) is 12.1. The largest absolute Gasteiger partial charge is 0.493 e. The number of benzene rings is 2. The molecule has 0 aliphatic carbocycles. The molecule has 0 aromatic heterocycles. The molecule has 8 heteroatoms. The summed E-state index contributed by atoms with van der Waals surface area (Å²) in [5.74, 6) is 3.44. The molecule has 0 fully saturated rings. The van der Waals surface area contributed by atoms with Gasteiger partial charge in [-0.2, -0.15) is 0 Å². The summed E-state index contributed by atoms with van der Waals surface area (Å²) < 4.78 is 22.4. The van der Waals surface area contributed by atoms with Crippen molar-refractivity contribution in [1.82, 2.24) is 10.6 Å². The van der Waals surface area contributed by atoms with E-state index < -0.39 is 0 Å². The van der Waals surface area contributed by atoms with Crippen molar-refractivity contribution in [2.45, 2.75) is 38.5 Å². The Labute approximate surface area is 201 Å². The van der Waals surface area contributed by atoms with E-state index in [-0.39, 0.29) is 35.6 Å². The normalized spacial score (nSPS) is 16.8. The third-order valence-corrected chi connectivity index (χ3v) is 5.10. The fourth-order valence-electron chi connectivity index (χ4n) is 3.71. The summed E-state index contributed by atoms with van der Waals surface area (Å²) in [6.45, 7) is 4.75. The summed E-state index contributed by atoms with van der Waals surface area (Å²) in [5.41, 5.74) is 1.86. The van der Waals surface area contributed by atoms with Crippen LogP contribution in [0.4, 0.5) is 0 Å². The Kier molecular flexibility index (Phi) is 8.67. The minimum atomic E-state index is -0.262. The van der Waals surface area contributed by atoms with Crippen LogP contribution < -0.4 is 29.6 Å². The minimum absolute atomic E-state index is 0. The zero-order valence-corrected chi connectivity index (χ0v) is 21.3. The van der Waals surface area contributed by atoms with E-state index in [4.69, 9.17) is 18.9 Å². The topological polar surface area (TPSA) is 73.3 Å². The molecular formula is C23H32IN3O4. The number of ether oxygens (including phenoxy) is 4. The first-order chi connectivity index (χ1) is 14.4. The molecule has 1 aliphatic heterocycles. The molecule has 0 saturated heterocycles. The predicted octanol–water partition coefficient (Wildman–Crippen LogP) is 4.30. The number of hydrogen-bond donors (Lipinski definition) is 2. The Bertz CT molecular complexity index is 892. The van der Waals surface area contributed by atoms with Crippen molar-refractivity contribution in [2.75, 3.05) is 28.4 Å². The van der Waals surface area contributed by atoms with Gasteiger partial charge in [0.15, 0.2) is 17.5 Å². The van der Waals surface area contributed by atoms with Gasteiger partial charge in [0, 0.05) is 25.6 Å². The molecule has 7 nitrogen and oxygen atoms in total. The summed E-state index contributed by atoms with van der Waals surface area (Å²) in [7, 11) is 6.58. The molecule has 0 bridgehead atoms. The quantitative estimate of drug-likeness (QED) is 0.323. The van der Waals surface area contributed by atoms with Crippen molar-refractivity contribution >= 4 is 29.9 Å². The van der Waals surface area contributed by atoms with Crippen LogP contribution in [0, 0.1) is 0 Å². The predicted molar refractivity (Wildman–Crippen MR) is 133 cm³/mol. The number of nitrogens with one attached hydrogen (secondary N) is 2. The highest BCUT2D eigenvalue weighted by Crippen LogP contribution is 2.39. The number of guanidine groups is 1. The average Bonchev–Trinajstić information content (AvgIpc) is 2.74. The van der Waals surface area contributed by atoms with Gasteiger partial charge in [0.1, 0.15) is 11.4 Å². The van der Waals surface area contributed by atoms with Crippen LogP contribution in [0.2, 0.25) is 0 Å². The third kappa shape index (κ3) is 5.87. The second kappa shape index (κ2) is 10.8. The fourth-order valence-corrected chi connectivity index (χ4v) is 3.71. The molecule has 31 heavy (non-hydrogen) atoms. The first-order valence-electron chi connectivity index (χ1n) is 9.94. The molecular weight excluding hydrogens is 509 g/mol. The van der Waals surface area contributed by atoms with Crippen molar-refractivity contribution in [3.63, 3.8) is 0 Å². The van der Waals surface area contributed by atoms with Crippen molar-refractivity contribution in [1.29, 1.82) is 0 Å². The number of fused-ring (bicyclic) bond motifs is 1. The maximum absolute atomic E-state index is 6.13. The first-order valence-corrected chi connectivity index (χ1v) is 9.94. The molecule has 1 heterocycles. The van der Waals surface area contributed by atoms with E-state index in [2.05, 4.69) is 35.5 Å². The standard InChI is InChI=1S/C23H31N3O4.HI/c1-23(2)13-17(16-9-7-8-10-18(16)30-23)26-22(24-3)25-14-15-11-19(27-4)21(29-6)20(12-15)28-5;/h7-12,17H,13-14H2,1-6H3,(H2,24,25,26);1H. The van der Waals surface area contributed by atoms with Crippen molar-refractivity contribution in [3.05, 3.63) is 47.5 Å². The Morgan fingerprint density at radius 1 is 1.10 bits per heavy atom. The number of rotatable bonds is 6. The van der Waals surface area contributed by atoms with Gasteiger partial charge in [0.25, 0.3) is 0 Å². The molecule has 170 valence electrons. The highest BCUT2D eigenvalue weighted by Gasteiger charge is 2.33. The molecule has 2 N–H and O–H groups in total. The SMILES string of the molecule is CN=C(NCc1cc(OC)c(OC)c(OC)c1)NC1CC(C)(C)Oc2ccccc21.I. The number of aliphatic imine (C=N–C) groups is 1. The molecule has 0 amide bonds. The highest BCUT2D eigenvalue weighted by molar-refractivity contribution is 14.0. The van der Waals surface area contributed by atoms with Gasteiger partial charge in [0.2, 0.25) is 5.75 Å². The van der Waals surface area contributed by atoms with E-state index in [0.29, 0.717) is 29.8 Å². The zero-order chi connectivity index (χ0) is 21.7. The lowest BCUT2D eigenvalue weighted by Gasteiger charge is -2.38. The van der Waals surface area contributed by atoms with Crippen LogP contribution in [0.1, 0.15) is 37.4 Å². The van der Waals surface area contributed by atoms with Crippen LogP contribution >= 0.6 is 24.0 Å². The summed E-state index contributed by atoms with van der Waals surface area (Å²) >= 11 is 0. The van der Waals surface area contributed by atoms with Crippen LogP contribution in [0.15, 0.2) is 41.4 Å². The maximum Gasteiger partial charge on any atom is 0.203 e. The fraction of sp³-hybridized carbons (Fsp3) is 0.435. The van der Waals surface area contributed by atoms with Gasteiger partial charge < -0.3 is 29.6 Å². The van der Waals surface area contributed by atoms with Gasteiger partial charge in [0.05, 0.1) is 27.4 Å². The van der Waals surface area contributed by atoms with E-state index >= 15 is 0 Å². The Morgan fingerprint density at radius 3 is 2.32 bits per heavy atom. The molecule has 2 aromatic carbocycles. The Hall–Kier alpha value is -2.36. The molecule has 1 unspecified atom stereocenters. The van der Waals surface area contributed by atoms with E-state index in [0.717, 1.165) is 23.3 Å². The average molecular weight is 541 g/mol. The number of nitrogens with zero attached hydrogens (tertiary/aromatic N) is 1. The molecule has 0 radical (unpaired) electrons. The smallest absolute Gasteiger partial charge is 0.203 e. The van der Waals surface area contributed by atoms with Crippen LogP contribution in [0.3, 0.4) is 0 Å². The molecule has 2 aromatic rings. The second-order valence-corrected chi connectivity index (χ2v) is 7.76.